The SMILES string of the molecule is c1ccc(N(c2ccc(-c3ccc4c(ccc5ccccc54)c3)cc2)c2ccc3c(ccc4ccccc43)c2)c(-c2cccc3c2oc2c4ccccc4ccc32)c1. The summed E-state index contributed by atoms with van der Waals surface area (Å²) >= 11 is 0. The smallest absolute Gasteiger partial charge is 0.143 e. The van der Waals surface area contributed by atoms with Crippen LogP contribution in [0.15, 0.2) is 217 Å². The van der Waals surface area contributed by atoms with Crippen molar-refractivity contribution < 1.29 is 4.42 Å². The molecule has 0 fully saturated rings. The molecule has 1 aromatic heterocycles. The van der Waals surface area contributed by atoms with E-state index < -0.39 is 0 Å². The molecule has 0 saturated carbocycles. The fraction of sp³-hybridized carbons (Fsp3) is 0. The Bertz CT molecular complexity index is 3580. The van der Waals surface area contributed by atoms with Gasteiger partial charge in [-0.25, -0.2) is 0 Å². The third-order valence-electron chi connectivity index (χ3n) is 12.0. The summed E-state index contributed by atoms with van der Waals surface area (Å²) in [5, 5.41) is 14.6. The van der Waals surface area contributed by atoms with Gasteiger partial charge in [0, 0.05) is 38.7 Å². The lowest BCUT2D eigenvalue weighted by molar-refractivity contribution is 0.674. The molecule has 0 aliphatic rings. The maximum absolute atomic E-state index is 6.90. The molecule has 0 spiro atoms. The number of benzene rings is 11. The van der Waals surface area contributed by atoms with Crippen molar-refractivity contribution in [2.24, 2.45) is 0 Å². The molecule has 0 amide bonds. The lowest BCUT2D eigenvalue weighted by atomic mass is 9.96. The van der Waals surface area contributed by atoms with Crippen molar-refractivity contribution in [2.45, 2.75) is 0 Å². The molecule has 12 rings (SSSR count). The Morgan fingerprint density at radius 2 is 0.759 bits per heavy atom. The summed E-state index contributed by atoms with van der Waals surface area (Å²) in [7, 11) is 0. The molecule has 12 aromatic rings. The molecule has 1 heterocycles. The number of para-hydroxylation sites is 2. The van der Waals surface area contributed by atoms with E-state index in [0.29, 0.717) is 0 Å². The molecule has 0 unspecified atom stereocenters. The average Bonchev–Trinajstić information content (AvgIpc) is 3.69. The molecule has 270 valence electrons. The number of furan rings is 1. The van der Waals surface area contributed by atoms with Crippen molar-refractivity contribution >= 4 is 92.9 Å². The molecule has 11 aromatic carbocycles. The van der Waals surface area contributed by atoms with Crippen molar-refractivity contribution in [3.63, 3.8) is 0 Å². The van der Waals surface area contributed by atoms with Crippen LogP contribution < -0.4 is 4.90 Å². The van der Waals surface area contributed by atoms with Crippen LogP contribution in [0.1, 0.15) is 0 Å². The molecular weight excluding hydrogens is 703 g/mol. The van der Waals surface area contributed by atoms with Crippen LogP contribution in [0.5, 0.6) is 0 Å². The van der Waals surface area contributed by atoms with E-state index in [2.05, 4.69) is 217 Å². The molecule has 2 nitrogen and oxygen atoms in total. The van der Waals surface area contributed by atoms with E-state index in [-0.39, 0.29) is 0 Å². The molecular formula is C56H35NO. The van der Waals surface area contributed by atoms with E-state index in [1.54, 1.807) is 0 Å². The first-order chi connectivity index (χ1) is 28.7. The zero-order valence-electron chi connectivity index (χ0n) is 31.6. The Hall–Kier alpha value is -7.68. The van der Waals surface area contributed by atoms with Crippen LogP contribution in [-0.4, -0.2) is 0 Å². The van der Waals surface area contributed by atoms with Crippen LogP contribution in [0, 0.1) is 0 Å². The first-order valence-corrected chi connectivity index (χ1v) is 19.9. The van der Waals surface area contributed by atoms with Gasteiger partial charge in [-0.3, -0.25) is 0 Å². The molecule has 0 atom stereocenters. The first-order valence-electron chi connectivity index (χ1n) is 19.9. The highest BCUT2D eigenvalue weighted by Crippen LogP contribution is 2.46. The Labute approximate surface area is 335 Å². The standard InChI is InChI=1S/C56H35NO/c1-4-13-45-37(10-1)20-22-41-34-40(27-31-47(41)45)36-24-28-43(29-25-36)57(44-30-33-48-42(35-44)23-21-38-11-2-5-14-46(38)48)54-19-8-7-16-50(54)51-17-9-18-52-53-32-26-39-12-3-6-15-49(39)55(53)58-56(51)52/h1-35H. The summed E-state index contributed by atoms with van der Waals surface area (Å²) in [5.41, 5.74) is 9.59. The van der Waals surface area contributed by atoms with Crippen LogP contribution in [0.3, 0.4) is 0 Å². The summed E-state index contributed by atoms with van der Waals surface area (Å²) in [6.07, 6.45) is 0. The van der Waals surface area contributed by atoms with E-state index in [1.807, 2.05) is 0 Å². The molecule has 0 saturated heterocycles. The van der Waals surface area contributed by atoms with Gasteiger partial charge in [0.15, 0.2) is 0 Å². The highest BCUT2D eigenvalue weighted by atomic mass is 16.3. The van der Waals surface area contributed by atoms with E-state index in [4.69, 9.17) is 4.42 Å². The van der Waals surface area contributed by atoms with E-state index in [0.717, 1.165) is 55.5 Å². The number of rotatable bonds is 5. The van der Waals surface area contributed by atoms with E-state index in [1.165, 1.54) is 59.6 Å². The van der Waals surface area contributed by atoms with E-state index in [9.17, 15) is 0 Å². The van der Waals surface area contributed by atoms with Crippen LogP contribution in [0.2, 0.25) is 0 Å². The Balaban J connectivity index is 1.04. The van der Waals surface area contributed by atoms with Crippen molar-refractivity contribution in [1.82, 2.24) is 0 Å². The first kappa shape index (κ1) is 32.6. The van der Waals surface area contributed by atoms with Gasteiger partial charge in [-0.2, -0.15) is 0 Å². The average molecular weight is 738 g/mol. The third kappa shape index (κ3) is 5.12. The van der Waals surface area contributed by atoms with Gasteiger partial charge >= 0.3 is 0 Å². The van der Waals surface area contributed by atoms with Gasteiger partial charge in [0.1, 0.15) is 11.2 Å². The lowest BCUT2D eigenvalue weighted by Gasteiger charge is -2.28. The van der Waals surface area contributed by atoms with Gasteiger partial charge in [0.2, 0.25) is 0 Å². The maximum Gasteiger partial charge on any atom is 0.143 e. The van der Waals surface area contributed by atoms with Gasteiger partial charge < -0.3 is 9.32 Å². The Morgan fingerprint density at radius 3 is 1.52 bits per heavy atom. The minimum atomic E-state index is 0.894. The van der Waals surface area contributed by atoms with Crippen molar-refractivity contribution in [3.8, 4) is 22.3 Å². The van der Waals surface area contributed by atoms with Crippen molar-refractivity contribution in [1.29, 1.82) is 0 Å². The third-order valence-corrected chi connectivity index (χ3v) is 12.0. The predicted octanol–water partition coefficient (Wildman–Crippen LogP) is 16.2. The number of fused-ring (bicyclic) bond motifs is 11. The second kappa shape index (κ2) is 12.9. The summed E-state index contributed by atoms with van der Waals surface area (Å²) < 4.78 is 6.90. The monoisotopic (exact) mass is 737 g/mol. The quantitative estimate of drug-likeness (QED) is 0.164. The molecule has 0 N–H and O–H groups in total. The topological polar surface area (TPSA) is 16.4 Å². The minimum absolute atomic E-state index is 0.894. The largest absolute Gasteiger partial charge is 0.455 e. The summed E-state index contributed by atoms with van der Waals surface area (Å²) in [6.45, 7) is 0. The molecule has 0 radical (unpaired) electrons. The fourth-order valence-electron chi connectivity index (χ4n) is 9.20. The second-order valence-corrected chi connectivity index (χ2v) is 15.3. The van der Waals surface area contributed by atoms with Crippen LogP contribution >= 0.6 is 0 Å². The van der Waals surface area contributed by atoms with Crippen molar-refractivity contribution in [3.05, 3.63) is 212 Å². The van der Waals surface area contributed by atoms with Gasteiger partial charge in [-0.15, -0.1) is 0 Å². The number of nitrogens with zero attached hydrogens (tertiary/aromatic N) is 1. The number of hydrogen-bond acceptors (Lipinski definition) is 2. The number of anilines is 3. The van der Waals surface area contributed by atoms with Crippen LogP contribution in [0.4, 0.5) is 17.1 Å². The van der Waals surface area contributed by atoms with Crippen LogP contribution in [0.25, 0.3) is 98.1 Å². The zero-order valence-corrected chi connectivity index (χ0v) is 31.6. The normalized spacial score (nSPS) is 11.8. The zero-order chi connectivity index (χ0) is 38.2. The summed E-state index contributed by atoms with van der Waals surface area (Å²) in [6, 6.07) is 77.1. The fourth-order valence-corrected chi connectivity index (χ4v) is 9.20. The van der Waals surface area contributed by atoms with Gasteiger partial charge in [-0.05, 0) is 102 Å². The van der Waals surface area contributed by atoms with E-state index >= 15 is 0 Å². The highest BCUT2D eigenvalue weighted by Gasteiger charge is 2.21. The Morgan fingerprint density at radius 1 is 0.276 bits per heavy atom. The molecule has 0 aliphatic heterocycles. The minimum Gasteiger partial charge on any atom is -0.455 e. The maximum atomic E-state index is 6.90. The lowest BCUT2D eigenvalue weighted by Crippen LogP contribution is -2.11. The second-order valence-electron chi connectivity index (χ2n) is 15.3. The number of hydrogen-bond donors (Lipinski definition) is 0. The Kier molecular flexibility index (Phi) is 7.26. The highest BCUT2D eigenvalue weighted by molar-refractivity contribution is 6.18. The van der Waals surface area contributed by atoms with Crippen molar-refractivity contribution in [2.75, 3.05) is 4.90 Å². The van der Waals surface area contributed by atoms with Gasteiger partial charge in [-0.1, -0.05) is 170 Å². The summed E-state index contributed by atoms with van der Waals surface area (Å²) in [5.74, 6) is 0. The predicted molar refractivity (Wildman–Crippen MR) is 247 cm³/mol. The van der Waals surface area contributed by atoms with Gasteiger partial charge in [0.25, 0.3) is 0 Å². The summed E-state index contributed by atoms with van der Waals surface area (Å²) in [4.78, 5) is 2.40. The molecule has 0 bridgehead atoms. The van der Waals surface area contributed by atoms with Crippen LogP contribution in [-0.2, 0) is 0 Å². The molecule has 2 heteroatoms. The molecule has 0 aliphatic carbocycles. The van der Waals surface area contributed by atoms with Gasteiger partial charge in [0.05, 0.1) is 5.69 Å². The molecule has 58 heavy (non-hydrogen) atoms.